The molecule has 0 radical (unpaired) electrons. The summed E-state index contributed by atoms with van der Waals surface area (Å²) < 4.78 is 1.78. The number of hydrogen-bond donors (Lipinski definition) is 1. The van der Waals surface area contributed by atoms with Crippen LogP contribution in [0.5, 0.6) is 0 Å². The van der Waals surface area contributed by atoms with Crippen LogP contribution in [0.3, 0.4) is 0 Å². The maximum atomic E-state index is 9.08. The molecule has 1 N–H and O–H groups in total. The minimum atomic E-state index is 0.0812. The standard InChI is InChI=1S/C6H9ClN2O/c1-8-4-2-3-6(8)9(10)5-7/h2-4,10H,5H2,1H3. The molecule has 0 fully saturated rings. The second-order valence-corrected chi connectivity index (χ2v) is 2.24. The van der Waals surface area contributed by atoms with Crippen molar-refractivity contribution in [2.75, 3.05) is 11.1 Å². The van der Waals surface area contributed by atoms with Gasteiger partial charge in [0.15, 0.2) is 0 Å². The van der Waals surface area contributed by atoms with Crippen molar-refractivity contribution in [2.24, 2.45) is 7.05 Å². The fourth-order valence-electron chi connectivity index (χ4n) is 0.781. The van der Waals surface area contributed by atoms with Crippen LogP contribution >= 0.6 is 11.6 Å². The van der Waals surface area contributed by atoms with Crippen molar-refractivity contribution in [3.63, 3.8) is 0 Å². The number of anilines is 1. The molecule has 0 unspecified atom stereocenters. The van der Waals surface area contributed by atoms with Crippen LogP contribution in [0.25, 0.3) is 0 Å². The quantitative estimate of drug-likeness (QED) is 0.403. The van der Waals surface area contributed by atoms with Crippen LogP contribution in [0.15, 0.2) is 18.3 Å². The lowest BCUT2D eigenvalue weighted by Gasteiger charge is -2.12. The number of alkyl halides is 1. The largest absolute Gasteiger partial charge is 0.336 e. The van der Waals surface area contributed by atoms with Crippen LogP contribution in [-0.2, 0) is 7.05 Å². The van der Waals surface area contributed by atoms with Crippen molar-refractivity contribution in [1.29, 1.82) is 0 Å². The Kier molecular flexibility index (Phi) is 2.19. The molecule has 10 heavy (non-hydrogen) atoms. The number of halogens is 1. The van der Waals surface area contributed by atoms with E-state index in [2.05, 4.69) is 0 Å². The van der Waals surface area contributed by atoms with Crippen LogP contribution in [0.4, 0.5) is 5.82 Å². The van der Waals surface area contributed by atoms with Gasteiger partial charge in [0.05, 0.1) is 0 Å². The molecule has 3 nitrogen and oxygen atoms in total. The minimum Gasteiger partial charge on any atom is -0.336 e. The molecule has 0 saturated carbocycles. The summed E-state index contributed by atoms with van der Waals surface area (Å²) in [5, 5.41) is 10.1. The molecular weight excluding hydrogens is 152 g/mol. The van der Waals surface area contributed by atoms with Crippen molar-refractivity contribution in [1.82, 2.24) is 4.57 Å². The third-order valence-electron chi connectivity index (χ3n) is 1.29. The lowest BCUT2D eigenvalue weighted by atomic mass is 10.6. The van der Waals surface area contributed by atoms with Gasteiger partial charge in [-0.15, -0.1) is 11.6 Å². The van der Waals surface area contributed by atoms with Crippen molar-refractivity contribution in [3.8, 4) is 0 Å². The van der Waals surface area contributed by atoms with Crippen LogP contribution in [0.2, 0.25) is 0 Å². The zero-order chi connectivity index (χ0) is 7.56. The van der Waals surface area contributed by atoms with E-state index in [4.69, 9.17) is 16.8 Å². The Labute approximate surface area is 64.4 Å². The van der Waals surface area contributed by atoms with Gasteiger partial charge in [0.25, 0.3) is 0 Å². The smallest absolute Gasteiger partial charge is 0.134 e. The Balaban J connectivity index is 2.82. The summed E-state index contributed by atoms with van der Waals surface area (Å²) in [6, 6.07) is 3.70. The maximum Gasteiger partial charge on any atom is 0.134 e. The van der Waals surface area contributed by atoms with Crippen molar-refractivity contribution in [3.05, 3.63) is 18.3 Å². The molecule has 0 saturated heterocycles. The summed E-state index contributed by atoms with van der Waals surface area (Å²) in [4.78, 5) is 0. The molecule has 0 aliphatic carbocycles. The lowest BCUT2D eigenvalue weighted by molar-refractivity contribution is 0.266. The van der Waals surface area contributed by atoms with Gasteiger partial charge in [0, 0.05) is 13.2 Å². The molecule has 0 aliphatic heterocycles. The first-order valence-corrected chi connectivity index (χ1v) is 3.43. The molecule has 0 spiro atoms. The molecular formula is C6H9ClN2O. The average Bonchev–Trinajstić information content (AvgIpc) is 2.34. The molecule has 56 valence electrons. The summed E-state index contributed by atoms with van der Waals surface area (Å²) >= 11 is 5.38. The fraction of sp³-hybridized carbons (Fsp3) is 0.333. The number of aromatic nitrogens is 1. The molecule has 0 amide bonds. The summed E-state index contributed by atoms with van der Waals surface area (Å²) in [6.45, 7) is 0. The van der Waals surface area contributed by atoms with E-state index >= 15 is 0 Å². The van der Waals surface area contributed by atoms with Crippen LogP contribution < -0.4 is 5.06 Å². The predicted molar refractivity (Wildman–Crippen MR) is 40.4 cm³/mol. The van der Waals surface area contributed by atoms with E-state index in [0.717, 1.165) is 5.06 Å². The highest BCUT2D eigenvalue weighted by Gasteiger charge is 2.02. The van der Waals surface area contributed by atoms with E-state index in [1.165, 1.54) is 0 Å². The van der Waals surface area contributed by atoms with E-state index in [1.807, 2.05) is 19.3 Å². The number of rotatable bonds is 2. The lowest BCUT2D eigenvalue weighted by Crippen LogP contribution is -2.17. The Hall–Kier alpha value is -0.670. The fourth-order valence-corrected chi connectivity index (χ4v) is 0.904. The number of hydroxylamine groups is 1. The van der Waals surface area contributed by atoms with Crippen molar-refractivity contribution in [2.45, 2.75) is 0 Å². The zero-order valence-corrected chi connectivity index (χ0v) is 6.41. The van der Waals surface area contributed by atoms with E-state index in [9.17, 15) is 0 Å². The first-order valence-electron chi connectivity index (χ1n) is 2.89. The minimum absolute atomic E-state index is 0.0812. The summed E-state index contributed by atoms with van der Waals surface area (Å²) in [6.07, 6.45) is 1.84. The predicted octanol–water partition coefficient (Wildman–Crippen LogP) is 1.42. The Morgan fingerprint density at radius 3 is 2.90 bits per heavy atom. The zero-order valence-electron chi connectivity index (χ0n) is 5.66. The Morgan fingerprint density at radius 2 is 2.50 bits per heavy atom. The second-order valence-electron chi connectivity index (χ2n) is 2.00. The molecule has 0 atom stereocenters. The molecule has 1 rings (SSSR count). The van der Waals surface area contributed by atoms with E-state index in [-0.39, 0.29) is 6.00 Å². The summed E-state index contributed by atoms with van der Waals surface area (Å²) in [7, 11) is 1.84. The van der Waals surface area contributed by atoms with Gasteiger partial charge < -0.3 is 4.57 Å². The van der Waals surface area contributed by atoms with Gasteiger partial charge in [-0.25, -0.2) is 5.06 Å². The van der Waals surface area contributed by atoms with Gasteiger partial charge in [-0.05, 0) is 12.1 Å². The number of hydrogen-bond acceptors (Lipinski definition) is 2. The van der Waals surface area contributed by atoms with Gasteiger partial charge >= 0.3 is 0 Å². The Bertz CT molecular complexity index is 211. The first-order chi connectivity index (χ1) is 4.75. The topological polar surface area (TPSA) is 28.4 Å². The Morgan fingerprint density at radius 1 is 1.80 bits per heavy atom. The van der Waals surface area contributed by atoms with E-state index in [1.54, 1.807) is 10.6 Å². The normalized spacial score (nSPS) is 9.90. The highest BCUT2D eigenvalue weighted by Crippen LogP contribution is 2.11. The third-order valence-corrected chi connectivity index (χ3v) is 1.52. The third kappa shape index (κ3) is 1.25. The van der Waals surface area contributed by atoms with Crippen LogP contribution in [0.1, 0.15) is 0 Å². The van der Waals surface area contributed by atoms with Gasteiger partial charge in [-0.3, -0.25) is 5.21 Å². The van der Waals surface area contributed by atoms with Crippen LogP contribution in [-0.4, -0.2) is 15.8 Å². The summed E-state index contributed by atoms with van der Waals surface area (Å²) in [5.74, 6) is 0.690. The monoisotopic (exact) mass is 160 g/mol. The van der Waals surface area contributed by atoms with E-state index < -0.39 is 0 Å². The molecule has 0 aromatic carbocycles. The molecule has 1 aromatic heterocycles. The molecule has 4 heteroatoms. The van der Waals surface area contributed by atoms with Gasteiger partial charge in [0.2, 0.25) is 0 Å². The highest BCUT2D eigenvalue weighted by molar-refractivity contribution is 6.18. The highest BCUT2D eigenvalue weighted by atomic mass is 35.5. The van der Waals surface area contributed by atoms with Crippen LogP contribution in [0, 0.1) is 0 Å². The first kappa shape index (κ1) is 7.44. The van der Waals surface area contributed by atoms with Crippen molar-refractivity contribution < 1.29 is 5.21 Å². The molecule has 1 heterocycles. The number of nitrogens with zero attached hydrogens (tertiary/aromatic N) is 2. The van der Waals surface area contributed by atoms with Gasteiger partial charge in [-0.1, -0.05) is 0 Å². The summed E-state index contributed by atoms with van der Waals surface area (Å²) in [5.41, 5.74) is 0. The number of aryl methyl sites for hydroxylation is 1. The second kappa shape index (κ2) is 2.94. The molecule has 0 bridgehead atoms. The van der Waals surface area contributed by atoms with E-state index in [0.29, 0.717) is 5.82 Å². The average molecular weight is 161 g/mol. The molecule has 1 aromatic rings. The van der Waals surface area contributed by atoms with Gasteiger partial charge in [-0.2, -0.15) is 0 Å². The van der Waals surface area contributed by atoms with Crippen molar-refractivity contribution >= 4 is 17.4 Å². The van der Waals surface area contributed by atoms with Gasteiger partial charge in [0.1, 0.15) is 11.8 Å². The molecule has 0 aliphatic rings. The SMILES string of the molecule is Cn1cccc1N(O)CCl. The maximum absolute atomic E-state index is 9.08.